The molecule has 0 radical (unpaired) electrons. The van der Waals surface area contributed by atoms with E-state index in [4.69, 9.17) is 4.74 Å². The van der Waals surface area contributed by atoms with Gasteiger partial charge >= 0.3 is 12.4 Å². The van der Waals surface area contributed by atoms with Crippen LogP contribution in [0.4, 0.5) is 18.0 Å². The Labute approximate surface area is 156 Å². The minimum Gasteiger partial charge on any atom is -0.496 e. The van der Waals surface area contributed by atoms with Gasteiger partial charge in [0.1, 0.15) is 11.5 Å². The molecule has 0 aliphatic carbocycles. The molecule has 0 aliphatic rings. The van der Waals surface area contributed by atoms with Crippen molar-refractivity contribution in [1.82, 2.24) is 10.6 Å². The van der Waals surface area contributed by atoms with E-state index < -0.39 is 12.4 Å². The lowest BCUT2D eigenvalue weighted by atomic mass is 10.2. The standard InChI is InChI=1S/C17H16BrF3N2O3/c1-25-14-7-6-13(18)8-12(14)10-23-16(24)22-9-11-4-2-3-5-15(11)26-17(19,20)21/h2-8H,9-10H2,1H3,(H2,22,23,24). The van der Waals surface area contributed by atoms with Crippen molar-refractivity contribution >= 4 is 22.0 Å². The molecule has 0 bridgehead atoms. The summed E-state index contributed by atoms with van der Waals surface area (Å²) >= 11 is 3.34. The zero-order valence-corrected chi connectivity index (χ0v) is 15.3. The van der Waals surface area contributed by atoms with Gasteiger partial charge in [-0.15, -0.1) is 13.2 Å². The average Bonchev–Trinajstić information content (AvgIpc) is 2.58. The van der Waals surface area contributed by atoms with Crippen molar-refractivity contribution in [3.8, 4) is 11.5 Å². The van der Waals surface area contributed by atoms with Crippen molar-refractivity contribution in [3.63, 3.8) is 0 Å². The first kappa shape index (κ1) is 19.9. The van der Waals surface area contributed by atoms with Crippen LogP contribution in [0.2, 0.25) is 0 Å². The van der Waals surface area contributed by atoms with Crippen molar-refractivity contribution in [2.75, 3.05) is 7.11 Å². The van der Waals surface area contributed by atoms with E-state index in [2.05, 4.69) is 31.3 Å². The number of rotatable bonds is 6. The number of ether oxygens (including phenoxy) is 2. The fourth-order valence-corrected chi connectivity index (χ4v) is 2.58. The third-order valence-corrected chi connectivity index (χ3v) is 3.81. The maximum absolute atomic E-state index is 12.4. The zero-order chi connectivity index (χ0) is 19.2. The molecular weight excluding hydrogens is 417 g/mol. The third-order valence-electron chi connectivity index (χ3n) is 3.32. The number of methoxy groups -OCH3 is 1. The fourth-order valence-electron chi connectivity index (χ4n) is 2.17. The van der Waals surface area contributed by atoms with Crippen LogP contribution in [0, 0.1) is 0 Å². The van der Waals surface area contributed by atoms with E-state index in [1.54, 1.807) is 24.3 Å². The van der Waals surface area contributed by atoms with Gasteiger partial charge in [0.05, 0.1) is 7.11 Å². The van der Waals surface area contributed by atoms with Crippen LogP contribution in [-0.4, -0.2) is 19.5 Å². The number of amides is 2. The van der Waals surface area contributed by atoms with Crippen molar-refractivity contribution in [3.05, 3.63) is 58.1 Å². The summed E-state index contributed by atoms with van der Waals surface area (Å²) in [5, 5.41) is 5.12. The summed E-state index contributed by atoms with van der Waals surface area (Å²) in [6.07, 6.45) is -4.80. The molecule has 0 unspecified atom stereocenters. The molecule has 0 saturated heterocycles. The second kappa shape index (κ2) is 8.79. The van der Waals surface area contributed by atoms with Crippen LogP contribution in [0.1, 0.15) is 11.1 Å². The highest BCUT2D eigenvalue weighted by Crippen LogP contribution is 2.26. The molecular formula is C17H16BrF3N2O3. The first-order chi connectivity index (χ1) is 12.3. The summed E-state index contributed by atoms with van der Waals surface area (Å²) in [5.41, 5.74) is 0.956. The summed E-state index contributed by atoms with van der Waals surface area (Å²) in [6.45, 7) is 0.0723. The normalized spacial score (nSPS) is 11.0. The second-order valence-corrected chi connectivity index (χ2v) is 6.06. The Morgan fingerprint density at radius 2 is 1.69 bits per heavy atom. The Morgan fingerprint density at radius 1 is 1.04 bits per heavy atom. The second-order valence-electron chi connectivity index (χ2n) is 5.15. The first-order valence-electron chi connectivity index (χ1n) is 7.46. The van der Waals surface area contributed by atoms with E-state index in [1.165, 1.54) is 25.3 Å². The fraction of sp³-hybridized carbons (Fsp3) is 0.235. The quantitative estimate of drug-likeness (QED) is 0.712. The maximum Gasteiger partial charge on any atom is 0.573 e. The molecule has 0 atom stereocenters. The lowest BCUT2D eigenvalue weighted by Crippen LogP contribution is -2.34. The highest BCUT2D eigenvalue weighted by atomic mass is 79.9. The Balaban J connectivity index is 1.93. The van der Waals surface area contributed by atoms with Crippen LogP contribution in [0.25, 0.3) is 0 Å². The van der Waals surface area contributed by atoms with Gasteiger partial charge in [0.15, 0.2) is 0 Å². The van der Waals surface area contributed by atoms with Gasteiger partial charge in [-0.1, -0.05) is 34.1 Å². The summed E-state index contributed by atoms with van der Waals surface area (Å²) in [4.78, 5) is 11.9. The summed E-state index contributed by atoms with van der Waals surface area (Å²) in [7, 11) is 1.52. The highest BCUT2D eigenvalue weighted by molar-refractivity contribution is 9.10. The van der Waals surface area contributed by atoms with Gasteiger partial charge in [-0.2, -0.15) is 0 Å². The summed E-state index contributed by atoms with van der Waals surface area (Å²) in [6, 6.07) is 10.4. The number of hydrogen-bond donors (Lipinski definition) is 2. The molecule has 0 spiro atoms. The van der Waals surface area contributed by atoms with E-state index in [9.17, 15) is 18.0 Å². The van der Waals surface area contributed by atoms with E-state index >= 15 is 0 Å². The SMILES string of the molecule is COc1ccc(Br)cc1CNC(=O)NCc1ccccc1OC(F)(F)F. The van der Waals surface area contributed by atoms with Crippen LogP contribution in [0.3, 0.4) is 0 Å². The lowest BCUT2D eigenvalue weighted by molar-refractivity contribution is -0.274. The molecule has 5 nitrogen and oxygen atoms in total. The van der Waals surface area contributed by atoms with Gasteiger partial charge < -0.3 is 20.1 Å². The Kier molecular flexibility index (Phi) is 6.73. The largest absolute Gasteiger partial charge is 0.573 e. The predicted molar refractivity (Wildman–Crippen MR) is 92.9 cm³/mol. The van der Waals surface area contributed by atoms with E-state index in [0.717, 1.165) is 10.0 Å². The molecule has 2 aromatic rings. The number of carbonyl (C=O) groups excluding carboxylic acids is 1. The average molecular weight is 433 g/mol. The Hall–Kier alpha value is -2.42. The van der Waals surface area contributed by atoms with Crippen LogP contribution in [0.15, 0.2) is 46.9 Å². The molecule has 0 fully saturated rings. The van der Waals surface area contributed by atoms with Crippen molar-refractivity contribution < 1.29 is 27.4 Å². The van der Waals surface area contributed by atoms with Gasteiger partial charge in [-0.05, 0) is 24.3 Å². The van der Waals surface area contributed by atoms with Gasteiger partial charge in [0, 0.05) is 28.7 Å². The van der Waals surface area contributed by atoms with Crippen LogP contribution >= 0.6 is 15.9 Å². The van der Waals surface area contributed by atoms with Crippen LogP contribution in [0.5, 0.6) is 11.5 Å². The number of para-hydroxylation sites is 1. The number of nitrogens with one attached hydrogen (secondary N) is 2. The van der Waals surface area contributed by atoms with Gasteiger partial charge in [0.25, 0.3) is 0 Å². The number of halogens is 4. The monoisotopic (exact) mass is 432 g/mol. The summed E-state index contributed by atoms with van der Waals surface area (Å²) in [5.74, 6) is 0.256. The third kappa shape index (κ3) is 6.14. The summed E-state index contributed by atoms with van der Waals surface area (Å²) < 4.78 is 47.2. The number of alkyl halides is 3. The Morgan fingerprint density at radius 3 is 2.35 bits per heavy atom. The molecule has 140 valence electrons. The van der Waals surface area contributed by atoms with Gasteiger partial charge in [-0.25, -0.2) is 4.79 Å². The number of hydrogen-bond acceptors (Lipinski definition) is 3. The van der Waals surface area contributed by atoms with Crippen LogP contribution < -0.4 is 20.1 Å². The van der Waals surface area contributed by atoms with Crippen molar-refractivity contribution in [2.24, 2.45) is 0 Å². The smallest absolute Gasteiger partial charge is 0.496 e. The number of urea groups is 1. The van der Waals surface area contributed by atoms with Gasteiger partial charge in [0.2, 0.25) is 0 Å². The lowest BCUT2D eigenvalue weighted by Gasteiger charge is -2.14. The molecule has 0 heterocycles. The number of benzene rings is 2. The molecule has 0 aliphatic heterocycles. The molecule has 0 saturated carbocycles. The highest BCUT2D eigenvalue weighted by Gasteiger charge is 2.31. The molecule has 2 aromatic carbocycles. The maximum atomic E-state index is 12.4. The molecule has 2 amide bonds. The minimum atomic E-state index is -4.80. The topological polar surface area (TPSA) is 59.6 Å². The zero-order valence-electron chi connectivity index (χ0n) is 13.7. The van der Waals surface area contributed by atoms with E-state index in [1.807, 2.05) is 0 Å². The molecule has 2 N–H and O–H groups in total. The minimum absolute atomic E-state index is 0.117. The molecule has 2 rings (SSSR count). The van der Waals surface area contributed by atoms with Gasteiger partial charge in [-0.3, -0.25) is 0 Å². The predicted octanol–water partition coefficient (Wildman–Crippen LogP) is 4.36. The number of carbonyl (C=O) groups is 1. The van der Waals surface area contributed by atoms with Crippen LogP contribution in [-0.2, 0) is 13.1 Å². The Bertz CT molecular complexity index is 769. The molecule has 0 aromatic heterocycles. The molecule has 26 heavy (non-hydrogen) atoms. The first-order valence-corrected chi connectivity index (χ1v) is 8.25. The molecule has 9 heteroatoms. The van der Waals surface area contributed by atoms with E-state index in [0.29, 0.717) is 5.75 Å². The van der Waals surface area contributed by atoms with E-state index in [-0.39, 0.29) is 24.4 Å². The van der Waals surface area contributed by atoms with Crippen molar-refractivity contribution in [1.29, 1.82) is 0 Å². The van der Waals surface area contributed by atoms with Crippen molar-refractivity contribution in [2.45, 2.75) is 19.5 Å².